The Bertz CT molecular complexity index is 826. The monoisotopic (exact) mass is 449 g/mol. The fourth-order valence-corrected chi connectivity index (χ4v) is 3.90. The Morgan fingerprint density at radius 2 is 1.87 bits per heavy atom. The molecule has 1 heterocycles. The summed E-state index contributed by atoms with van der Waals surface area (Å²) in [4.78, 5) is 30.1. The number of aryl methyl sites for hydroxylation is 1. The van der Waals surface area contributed by atoms with Crippen LogP contribution in [0.2, 0.25) is 0 Å². The Morgan fingerprint density at radius 1 is 1.13 bits per heavy atom. The molecule has 2 rings (SSSR count). The summed E-state index contributed by atoms with van der Waals surface area (Å²) < 4.78 is 18.4. The molecular formula is C23H32FN3O3S. The van der Waals surface area contributed by atoms with Gasteiger partial charge in [-0.3, -0.25) is 4.79 Å². The molecular weight excluding hydrogens is 417 g/mol. The number of nitrogens with one attached hydrogen (secondary N) is 1. The van der Waals surface area contributed by atoms with Crippen LogP contribution in [0.25, 0.3) is 0 Å². The molecule has 170 valence electrons. The molecule has 31 heavy (non-hydrogen) atoms. The minimum absolute atomic E-state index is 0.0487. The second-order valence-corrected chi connectivity index (χ2v) is 8.40. The number of amides is 3. The van der Waals surface area contributed by atoms with Crippen molar-refractivity contribution in [3.05, 3.63) is 57.5 Å². The van der Waals surface area contributed by atoms with Gasteiger partial charge in [0.05, 0.1) is 13.2 Å². The van der Waals surface area contributed by atoms with Crippen molar-refractivity contribution in [2.45, 2.75) is 39.8 Å². The van der Waals surface area contributed by atoms with Gasteiger partial charge in [-0.1, -0.05) is 25.5 Å². The van der Waals surface area contributed by atoms with E-state index >= 15 is 0 Å². The molecule has 8 heteroatoms. The summed E-state index contributed by atoms with van der Waals surface area (Å²) in [5.74, 6) is -0.482. The van der Waals surface area contributed by atoms with Crippen molar-refractivity contribution in [2.24, 2.45) is 0 Å². The van der Waals surface area contributed by atoms with Gasteiger partial charge in [-0.05, 0) is 48.1 Å². The van der Waals surface area contributed by atoms with E-state index in [0.29, 0.717) is 32.8 Å². The second kappa shape index (κ2) is 13.1. The zero-order valence-corrected chi connectivity index (χ0v) is 19.3. The molecule has 6 nitrogen and oxygen atoms in total. The lowest BCUT2D eigenvalue weighted by Crippen LogP contribution is -2.47. The molecule has 0 fully saturated rings. The molecule has 0 saturated heterocycles. The second-order valence-electron chi connectivity index (χ2n) is 7.40. The molecule has 0 aliphatic heterocycles. The molecule has 0 saturated carbocycles. The molecule has 0 aliphatic rings. The number of hydrogen-bond acceptors (Lipinski definition) is 4. The quantitative estimate of drug-likeness (QED) is 0.495. The summed E-state index contributed by atoms with van der Waals surface area (Å²) >= 11 is 1.59. The zero-order chi connectivity index (χ0) is 22.6. The maximum absolute atomic E-state index is 13.3. The Morgan fingerprint density at radius 3 is 2.48 bits per heavy atom. The van der Waals surface area contributed by atoms with Crippen LogP contribution in [-0.4, -0.2) is 55.1 Å². The lowest BCUT2D eigenvalue weighted by Gasteiger charge is -2.28. The van der Waals surface area contributed by atoms with E-state index in [1.807, 2.05) is 18.4 Å². The highest BCUT2D eigenvalue weighted by Gasteiger charge is 2.22. The highest BCUT2D eigenvalue weighted by molar-refractivity contribution is 7.10. The van der Waals surface area contributed by atoms with Gasteiger partial charge in [0.15, 0.2) is 0 Å². The zero-order valence-electron chi connectivity index (χ0n) is 18.5. The summed E-state index contributed by atoms with van der Waals surface area (Å²) in [5.41, 5.74) is 1.95. The number of rotatable bonds is 12. The van der Waals surface area contributed by atoms with Crippen LogP contribution in [-0.2, 0) is 22.6 Å². The predicted molar refractivity (Wildman–Crippen MR) is 121 cm³/mol. The summed E-state index contributed by atoms with van der Waals surface area (Å²) in [7, 11) is 1.56. The van der Waals surface area contributed by atoms with Crippen LogP contribution in [0.5, 0.6) is 0 Å². The summed E-state index contributed by atoms with van der Waals surface area (Å²) in [6, 6.07) is 7.88. The van der Waals surface area contributed by atoms with Crippen molar-refractivity contribution >= 4 is 23.3 Å². The number of thiophene rings is 1. The number of benzene rings is 1. The van der Waals surface area contributed by atoms with E-state index in [-0.39, 0.29) is 24.3 Å². The van der Waals surface area contributed by atoms with E-state index in [9.17, 15) is 14.0 Å². The molecule has 0 bridgehead atoms. The number of hydrogen-bond donors (Lipinski definition) is 1. The van der Waals surface area contributed by atoms with Crippen molar-refractivity contribution in [3.63, 3.8) is 0 Å². The fourth-order valence-electron chi connectivity index (χ4n) is 2.98. The third-order valence-electron chi connectivity index (χ3n) is 4.93. The number of carbonyl (C=O) groups excluding carboxylic acids is 2. The van der Waals surface area contributed by atoms with Crippen LogP contribution >= 0.6 is 11.3 Å². The molecule has 1 aromatic carbocycles. The average molecular weight is 450 g/mol. The van der Waals surface area contributed by atoms with Crippen molar-refractivity contribution in [3.8, 4) is 0 Å². The Hall–Kier alpha value is -2.45. The maximum Gasteiger partial charge on any atom is 0.317 e. The molecule has 0 radical (unpaired) electrons. The van der Waals surface area contributed by atoms with Crippen molar-refractivity contribution in [2.75, 3.05) is 33.4 Å². The summed E-state index contributed by atoms with van der Waals surface area (Å²) in [6.07, 6.45) is 1.86. The SMILES string of the molecule is CCCCNC(=O)N(CCOC)CC(=O)N(Cc1ccc(F)cc1)Cc1sccc1C. The molecule has 0 unspecified atom stereocenters. The normalized spacial score (nSPS) is 10.7. The standard InChI is InChI=1S/C23H32FN3O3S/c1-4-5-11-25-23(29)26(12-13-30-3)17-22(28)27(16-21-18(2)10-14-31-21)15-19-6-8-20(24)9-7-19/h6-10,14H,4-5,11-13,15-17H2,1-3H3,(H,25,29). The first-order chi connectivity index (χ1) is 14.9. The number of unbranched alkanes of at least 4 members (excludes halogenated alkanes) is 1. The van der Waals surface area contributed by atoms with E-state index in [2.05, 4.69) is 12.2 Å². The van der Waals surface area contributed by atoms with Gasteiger partial charge in [-0.25, -0.2) is 9.18 Å². The molecule has 2 aromatic rings. The molecule has 3 amide bonds. The van der Waals surface area contributed by atoms with Gasteiger partial charge in [-0.15, -0.1) is 11.3 Å². The number of halogens is 1. The first kappa shape index (κ1) is 24.8. The average Bonchev–Trinajstić information content (AvgIpc) is 3.16. The summed E-state index contributed by atoms with van der Waals surface area (Å²) in [6.45, 7) is 6.03. The third kappa shape index (κ3) is 8.30. The van der Waals surface area contributed by atoms with Crippen LogP contribution < -0.4 is 5.32 Å². The van der Waals surface area contributed by atoms with Crippen molar-refractivity contribution < 1.29 is 18.7 Å². The van der Waals surface area contributed by atoms with Crippen LogP contribution in [0.4, 0.5) is 9.18 Å². The van der Waals surface area contributed by atoms with Crippen molar-refractivity contribution in [1.82, 2.24) is 15.1 Å². The molecule has 1 N–H and O–H groups in total. The Balaban J connectivity index is 2.14. The van der Waals surface area contributed by atoms with Gasteiger partial charge in [0, 0.05) is 31.6 Å². The van der Waals surface area contributed by atoms with Crippen LogP contribution in [0.1, 0.15) is 35.8 Å². The lowest BCUT2D eigenvalue weighted by atomic mass is 10.2. The summed E-state index contributed by atoms with van der Waals surface area (Å²) in [5, 5.41) is 4.87. The number of carbonyl (C=O) groups is 2. The van der Waals surface area contributed by atoms with Crippen LogP contribution in [0.3, 0.4) is 0 Å². The van der Waals surface area contributed by atoms with Crippen molar-refractivity contribution in [1.29, 1.82) is 0 Å². The Labute approximate surface area is 188 Å². The van der Waals surface area contributed by atoms with Gasteiger partial charge in [-0.2, -0.15) is 0 Å². The maximum atomic E-state index is 13.3. The first-order valence-corrected chi connectivity index (χ1v) is 11.4. The van der Waals surface area contributed by atoms with Crippen LogP contribution in [0, 0.1) is 12.7 Å². The molecule has 1 aromatic heterocycles. The molecule has 0 spiro atoms. The van der Waals surface area contributed by atoms with Crippen LogP contribution in [0.15, 0.2) is 35.7 Å². The van der Waals surface area contributed by atoms with E-state index < -0.39 is 0 Å². The fraction of sp³-hybridized carbons (Fsp3) is 0.478. The third-order valence-corrected chi connectivity index (χ3v) is 5.94. The smallest absolute Gasteiger partial charge is 0.317 e. The number of urea groups is 1. The van der Waals surface area contributed by atoms with Gasteiger partial charge < -0.3 is 19.9 Å². The van der Waals surface area contributed by atoms with Gasteiger partial charge in [0.25, 0.3) is 0 Å². The number of nitrogens with zero attached hydrogens (tertiary/aromatic N) is 2. The lowest BCUT2D eigenvalue weighted by molar-refractivity contribution is -0.133. The molecule has 0 aliphatic carbocycles. The minimum atomic E-state index is -0.315. The minimum Gasteiger partial charge on any atom is -0.383 e. The largest absolute Gasteiger partial charge is 0.383 e. The van der Waals surface area contributed by atoms with E-state index in [1.165, 1.54) is 17.0 Å². The number of methoxy groups -OCH3 is 1. The van der Waals surface area contributed by atoms with E-state index in [1.54, 1.807) is 35.5 Å². The highest BCUT2D eigenvalue weighted by Crippen LogP contribution is 2.20. The van der Waals surface area contributed by atoms with E-state index in [4.69, 9.17) is 4.74 Å². The van der Waals surface area contributed by atoms with Gasteiger partial charge in [0.1, 0.15) is 12.4 Å². The highest BCUT2D eigenvalue weighted by atomic mass is 32.1. The van der Waals surface area contributed by atoms with E-state index in [0.717, 1.165) is 28.8 Å². The van der Waals surface area contributed by atoms with Gasteiger partial charge >= 0.3 is 6.03 Å². The topological polar surface area (TPSA) is 61.9 Å². The Kier molecular flexibility index (Phi) is 10.5. The number of ether oxygens (including phenoxy) is 1. The predicted octanol–water partition coefficient (Wildman–Crippen LogP) is 4.18. The molecule has 0 atom stereocenters. The first-order valence-electron chi connectivity index (χ1n) is 10.5. The van der Waals surface area contributed by atoms with Gasteiger partial charge in [0.2, 0.25) is 5.91 Å².